The van der Waals surface area contributed by atoms with Crippen molar-refractivity contribution in [2.24, 2.45) is 5.11 Å². The predicted molar refractivity (Wildman–Crippen MR) is 33.8 cm³/mol. The molecule has 9 heavy (non-hydrogen) atoms. The normalized spacial score (nSPS) is 26.3. The Balaban J connectivity index is 2.56. The van der Waals surface area contributed by atoms with Gasteiger partial charge in [0.25, 0.3) is 0 Å². The molecule has 0 saturated carbocycles. The first kappa shape index (κ1) is 6.22. The Hall–Kier alpha value is -0.900. The van der Waals surface area contributed by atoms with Crippen molar-refractivity contribution in [3.63, 3.8) is 0 Å². The lowest BCUT2D eigenvalue weighted by Gasteiger charge is -2.17. The molecule has 50 valence electrons. The lowest BCUT2D eigenvalue weighted by molar-refractivity contribution is 0.519. The van der Waals surface area contributed by atoms with Crippen molar-refractivity contribution in [3.05, 3.63) is 11.8 Å². The summed E-state index contributed by atoms with van der Waals surface area (Å²) >= 11 is 0. The van der Waals surface area contributed by atoms with Crippen LogP contribution in [0.3, 0.4) is 0 Å². The molecule has 1 aliphatic heterocycles. The minimum absolute atomic E-state index is 0.119. The number of hydrogen-bond acceptors (Lipinski definition) is 4. The first-order valence-electron chi connectivity index (χ1n) is 2.85. The maximum Gasteiger partial charge on any atom is 0.142 e. The van der Waals surface area contributed by atoms with Gasteiger partial charge in [0.05, 0.1) is 6.67 Å². The van der Waals surface area contributed by atoms with Crippen LogP contribution in [0, 0.1) is 5.53 Å². The first-order valence-corrected chi connectivity index (χ1v) is 2.85. The van der Waals surface area contributed by atoms with Gasteiger partial charge in [-0.3, -0.25) is 5.32 Å². The largest absolute Gasteiger partial charge is 0.376 e. The van der Waals surface area contributed by atoms with Crippen molar-refractivity contribution < 1.29 is 0 Å². The van der Waals surface area contributed by atoms with E-state index in [1.165, 1.54) is 0 Å². The molecule has 1 rings (SSSR count). The number of hydrogen-bond donors (Lipinski definition) is 3. The molecule has 0 amide bonds. The van der Waals surface area contributed by atoms with Crippen LogP contribution in [-0.2, 0) is 0 Å². The molecular weight excluding hydrogens is 116 g/mol. The summed E-state index contributed by atoms with van der Waals surface area (Å²) < 4.78 is 0. The maximum atomic E-state index is 6.68. The highest BCUT2D eigenvalue weighted by atomic mass is 15.2. The lowest BCUT2D eigenvalue weighted by Crippen LogP contribution is -2.39. The zero-order valence-electron chi connectivity index (χ0n) is 5.31. The van der Waals surface area contributed by atoms with Gasteiger partial charge in [0.15, 0.2) is 0 Å². The van der Waals surface area contributed by atoms with Crippen molar-refractivity contribution in [1.29, 1.82) is 5.53 Å². The number of nitrogens with one attached hydrogen (secondary N) is 3. The Morgan fingerprint density at radius 3 is 3.11 bits per heavy atom. The Kier molecular flexibility index (Phi) is 1.79. The fourth-order valence-electron chi connectivity index (χ4n) is 0.733. The summed E-state index contributed by atoms with van der Waals surface area (Å²) in [6.45, 7) is 2.66. The van der Waals surface area contributed by atoms with Crippen LogP contribution in [0.4, 0.5) is 0 Å². The molecule has 1 atom stereocenters. The molecule has 1 unspecified atom stereocenters. The molecule has 0 aromatic carbocycles. The second kappa shape index (κ2) is 2.59. The van der Waals surface area contributed by atoms with Gasteiger partial charge >= 0.3 is 0 Å². The van der Waals surface area contributed by atoms with Crippen molar-refractivity contribution >= 4 is 0 Å². The van der Waals surface area contributed by atoms with Gasteiger partial charge in [0, 0.05) is 5.70 Å². The molecule has 1 heterocycles. The van der Waals surface area contributed by atoms with E-state index in [4.69, 9.17) is 5.53 Å². The van der Waals surface area contributed by atoms with Crippen LogP contribution in [0.2, 0.25) is 0 Å². The second-order valence-corrected chi connectivity index (χ2v) is 1.98. The van der Waals surface area contributed by atoms with Gasteiger partial charge in [-0.1, -0.05) is 0 Å². The van der Waals surface area contributed by atoms with Gasteiger partial charge in [-0.05, 0) is 13.0 Å². The van der Waals surface area contributed by atoms with Gasteiger partial charge in [-0.15, -0.1) is 0 Å². The molecule has 0 aromatic rings. The summed E-state index contributed by atoms with van der Waals surface area (Å²) in [5, 5.41) is 9.33. The zero-order chi connectivity index (χ0) is 6.69. The van der Waals surface area contributed by atoms with Crippen molar-refractivity contribution in [2.75, 3.05) is 6.67 Å². The van der Waals surface area contributed by atoms with Crippen LogP contribution >= 0.6 is 0 Å². The Morgan fingerprint density at radius 1 is 1.89 bits per heavy atom. The van der Waals surface area contributed by atoms with Crippen LogP contribution in [0.5, 0.6) is 0 Å². The molecule has 0 aromatic heterocycles. The van der Waals surface area contributed by atoms with E-state index in [1.807, 2.05) is 13.0 Å². The van der Waals surface area contributed by atoms with Gasteiger partial charge in [0.2, 0.25) is 0 Å². The van der Waals surface area contributed by atoms with Gasteiger partial charge in [0.1, 0.15) is 6.17 Å². The Morgan fingerprint density at radius 2 is 2.67 bits per heavy atom. The van der Waals surface area contributed by atoms with Crippen molar-refractivity contribution in [2.45, 2.75) is 13.1 Å². The Bertz CT molecular complexity index is 140. The molecule has 4 nitrogen and oxygen atoms in total. The molecule has 0 fully saturated rings. The average Bonchev–Trinajstić information content (AvgIpc) is 1.88. The summed E-state index contributed by atoms with van der Waals surface area (Å²) in [5.74, 6) is 0. The van der Waals surface area contributed by atoms with E-state index in [1.54, 1.807) is 0 Å². The van der Waals surface area contributed by atoms with Crippen LogP contribution in [0.1, 0.15) is 6.92 Å². The fourth-order valence-corrected chi connectivity index (χ4v) is 0.733. The van der Waals surface area contributed by atoms with E-state index < -0.39 is 0 Å². The average molecular weight is 126 g/mol. The third kappa shape index (κ3) is 1.50. The third-order valence-corrected chi connectivity index (χ3v) is 1.23. The predicted octanol–water partition coefficient (Wildman–Crippen LogP) is 0.398. The minimum atomic E-state index is -0.119. The summed E-state index contributed by atoms with van der Waals surface area (Å²) in [7, 11) is 0. The quantitative estimate of drug-likeness (QED) is 0.445. The highest BCUT2D eigenvalue weighted by molar-refractivity contribution is 5.04. The van der Waals surface area contributed by atoms with Crippen LogP contribution in [0.15, 0.2) is 16.9 Å². The molecule has 0 aliphatic carbocycles. The van der Waals surface area contributed by atoms with Crippen molar-refractivity contribution in [1.82, 2.24) is 10.6 Å². The monoisotopic (exact) mass is 126 g/mol. The maximum absolute atomic E-state index is 6.68. The van der Waals surface area contributed by atoms with E-state index in [0.717, 1.165) is 5.70 Å². The summed E-state index contributed by atoms with van der Waals surface area (Å²) in [4.78, 5) is 0. The lowest BCUT2D eigenvalue weighted by atomic mass is 10.3. The van der Waals surface area contributed by atoms with Gasteiger partial charge < -0.3 is 5.32 Å². The number of rotatable bonds is 1. The molecule has 0 saturated heterocycles. The highest BCUT2D eigenvalue weighted by Gasteiger charge is 2.05. The number of allylic oxidation sites excluding steroid dienone is 1. The van der Waals surface area contributed by atoms with Gasteiger partial charge in [-0.25, -0.2) is 5.53 Å². The van der Waals surface area contributed by atoms with Crippen LogP contribution in [-0.4, -0.2) is 12.8 Å². The molecule has 0 spiro atoms. The highest BCUT2D eigenvalue weighted by Crippen LogP contribution is 1.97. The summed E-state index contributed by atoms with van der Waals surface area (Å²) in [5.41, 5.74) is 7.76. The molecule has 4 heteroatoms. The zero-order valence-corrected chi connectivity index (χ0v) is 5.31. The minimum Gasteiger partial charge on any atom is -0.376 e. The molecule has 0 radical (unpaired) electrons. The van der Waals surface area contributed by atoms with Crippen LogP contribution in [0.25, 0.3) is 0 Å². The van der Waals surface area contributed by atoms with E-state index in [-0.39, 0.29) is 6.17 Å². The SMILES string of the molecule is CC1=CC(N=N)NCN1. The van der Waals surface area contributed by atoms with E-state index >= 15 is 0 Å². The third-order valence-electron chi connectivity index (χ3n) is 1.23. The summed E-state index contributed by atoms with van der Waals surface area (Å²) in [6, 6.07) is 0. The number of nitrogens with zero attached hydrogens (tertiary/aromatic N) is 1. The van der Waals surface area contributed by atoms with E-state index in [0.29, 0.717) is 6.67 Å². The van der Waals surface area contributed by atoms with E-state index in [9.17, 15) is 0 Å². The first-order chi connectivity index (χ1) is 4.33. The fraction of sp³-hybridized carbons (Fsp3) is 0.600. The Labute approximate surface area is 53.8 Å². The van der Waals surface area contributed by atoms with Crippen LogP contribution < -0.4 is 10.6 Å². The standard InChI is InChI=1S/C5H10N4/c1-4-2-5(9-6)8-3-7-4/h2,5-8H,3H2,1H3. The second-order valence-electron chi connectivity index (χ2n) is 1.98. The summed E-state index contributed by atoms with van der Waals surface area (Å²) in [6.07, 6.45) is 1.75. The molecular formula is C5H10N4. The molecule has 0 bridgehead atoms. The smallest absolute Gasteiger partial charge is 0.142 e. The molecule has 1 aliphatic rings. The van der Waals surface area contributed by atoms with E-state index in [2.05, 4.69) is 15.7 Å². The van der Waals surface area contributed by atoms with Gasteiger partial charge in [-0.2, -0.15) is 5.11 Å². The van der Waals surface area contributed by atoms with Crippen molar-refractivity contribution in [3.8, 4) is 0 Å². The topological polar surface area (TPSA) is 60.3 Å². The molecule has 3 N–H and O–H groups in total.